The number of hydrogen-bond donors (Lipinski definition) is 2. The summed E-state index contributed by atoms with van der Waals surface area (Å²) in [5.74, 6) is 1.74. The molecule has 1 rings (SSSR count). The highest BCUT2D eigenvalue weighted by Gasteiger charge is 2.21. The molecule has 0 amide bonds. The van der Waals surface area contributed by atoms with Gasteiger partial charge in [0.2, 0.25) is 0 Å². The van der Waals surface area contributed by atoms with E-state index in [1.54, 1.807) is 7.11 Å². The number of benzene rings is 1. The molecular formula is C18H31N3O. The minimum absolute atomic E-state index is 0.00867. The number of aliphatic imine (C=N–C) groups is 1. The molecule has 22 heavy (non-hydrogen) atoms. The number of methoxy groups -OCH3 is 1. The first-order chi connectivity index (χ1) is 10.2. The lowest BCUT2D eigenvalue weighted by Crippen LogP contribution is -2.48. The van der Waals surface area contributed by atoms with Crippen LogP contribution in [0.3, 0.4) is 0 Å². The van der Waals surface area contributed by atoms with Crippen molar-refractivity contribution in [1.82, 2.24) is 10.6 Å². The molecule has 1 aromatic rings. The molecule has 0 aliphatic rings. The van der Waals surface area contributed by atoms with E-state index in [1.807, 2.05) is 12.1 Å². The second kappa shape index (κ2) is 7.52. The summed E-state index contributed by atoms with van der Waals surface area (Å²) in [5.41, 5.74) is 1.21. The van der Waals surface area contributed by atoms with E-state index >= 15 is 0 Å². The van der Waals surface area contributed by atoms with Crippen LogP contribution in [0.2, 0.25) is 0 Å². The summed E-state index contributed by atoms with van der Waals surface area (Å²) >= 11 is 0. The van der Waals surface area contributed by atoms with Crippen LogP contribution in [-0.4, -0.2) is 31.7 Å². The maximum Gasteiger partial charge on any atom is 0.191 e. The van der Waals surface area contributed by atoms with Gasteiger partial charge in [-0.1, -0.05) is 26.0 Å². The zero-order valence-corrected chi connectivity index (χ0v) is 15.1. The van der Waals surface area contributed by atoms with E-state index in [1.165, 1.54) is 5.56 Å². The van der Waals surface area contributed by atoms with Gasteiger partial charge >= 0.3 is 0 Å². The Bertz CT molecular complexity index is 484. The van der Waals surface area contributed by atoms with Crippen LogP contribution < -0.4 is 15.4 Å². The molecule has 1 aromatic carbocycles. The van der Waals surface area contributed by atoms with E-state index in [9.17, 15) is 0 Å². The van der Waals surface area contributed by atoms with Crippen LogP contribution in [0.25, 0.3) is 0 Å². The Morgan fingerprint density at radius 2 is 1.68 bits per heavy atom. The van der Waals surface area contributed by atoms with Gasteiger partial charge in [-0.25, -0.2) is 0 Å². The van der Waals surface area contributed by atoms with E-state index in [-0.39, 0.29) is 11.0 Å². The molecule has 0 spiro atoms. The summed E-state index contributed by atoms with van der Waals surface area (Å²) in [5, 5.41) is 6.72. The molecule has 2 N–H and O–H groups in total. The number of guanidine groups is 1. The van der Waals surface area contributed by atoms with E-state index in [0.717, 1.165) is 18.3 Å². The smallest absolute Gasteiger partial charge is 0.191 e. The Kier molecular flexibility index (Phi) is 6.27. The fourth-order valence-corrected chi connectivity index (χ4v) is 2.07. The topological polar surface area (TPSA) is 45.7 Å². The van der Waals surface area contributed by atoms with Crippen molar-refractivity contribution >= 4 is 5.96 Å². The highest BCUT2D eigenvalue weighted by Crippen LogP contribution is 2.25. The number of rotatable bonds is 5. The summed E-state index contributed by atoms with van der Waals surface area (Å²) in [7, 11) is 1.69. The highest BCUT2D eigenvalue weighted by molar-refractivity contribution is 5.80. The van der Waals surface area contributed by atoms with Crippen LogP contribution in [0.4, 0.5) is 0 Å². The third-order valence-corrected chi connectivity index (χ3v) is 3.34. The molecule has 0 aromatic heterocycles. The zero-order chi connectivity index (χ0) is 16.8. The van der Waals surface area contributed by atoms with Gasteiger partial charge in [-0.15, -0.1) is 0 Å². The SMILES string of the molecule is CCNC(=NCC(C)(C)c1ccc(OC)cc1)NC(C)(C)C. The summed E-state index contributed by atoms with van der Waals surface area (Å²) in [6.07, 6.45) is 0. The molecule has 4 nitrogen and oxygen atoms in total. The van der Waals surface area contributed by atoms with Gasteiger partial charge in [0.15, 0.2) is 5.96 Å². The molecule has 0 fully saturated rings. The molecule has 0 radical (unpaired) electrons. The Hall–Kier alpha value is -1.71. The monoisotopic (exact) mass is 305 g/mol. The first kappa shape index (κ1) is 18.3. The summed E-state index contributed by atoms with van der Waals surface area (Å²) < 4.78 is 5.22. The normalized spacial score (nSPS) is 13.0. The van der Waals surface area contributed by atoms with Crippen LogP contribution in [0.5, 0.6) is 5.75 Å². The zero-order valence-electron chi connectivity index (χ0n) is 15.1. The predicted molar refractivity (Wildman–Crippen MR) is 94.9 cm³/mol. The van der Waals surface area contributed by atoms with Crippen molar-refractivity contribution in [2.75, 3.05) is 20.2 Å². The third kappa shape index (κ3) is 5.96. The van der Waals surface area contributed by atoms with Crippen molar-refractivity contribution in [2.24, 2.45) is 4.99 Å². The first-order valence-electron chi connectivity index (χ1n) is 7.89. The number of hydrogen-bond acceptors (Lipinski definition) is 2. The van der Waals surface area contributed by atoms with Crippen molar-refractivity contribution in [3.8, 4) is 5.75 Å². The van der Waals surface area contributed by atoms with Crippen molar-refractivity contribution in [3.63, 3.8) is 0 Å². The van der Waals surface area contributed by atoms with E-state index in [2.05, 4.69) is 64.3 Å². The molecule has 0 heterocycles. The summed E-state index contributed by atoms with van der Waals surface area (Å²) in [6, 6.07) is 8.22. The van der Waals surface area contributed by atoms with E-state index in [0.29, 0.717) is 6.54 Å². The lowest BCUT2D eigenvalue weighted by Gasteiger charge is -2.27. The van der Waals surface area contributed by atoms with Crippen LogP contribution in [-0.2, 0) is 5.41 Å². The van der Waals surface area contributed by atoms with Gasteiger partial charge in [-0.2, -0.15) is 0 Å². The van der Waals surface area contributed by atoms with Crippen molar-refractivity contribution in [2.45, 2.75) is 52.5 Å². The van der Waals surface area contributed by atoms with E-state index < -0.39 is 0 Å². The second-order valence-corrected chi connectivity index (χ2v) is 7.18. The fraction of sp³-hybridized carbons (Fsp3) is 0.611. The van der Waals surface area contributed by atoms with Crippen LogP contribution in [0.1, 0.15) is 47.1 Å². The minimum atomic E-state index is -0.0352. The Morgan fingerprint density at radius 1 is 1.09 bits per heavy atom. The number of ether oxygens (including phenoxy) is 1. The molecule has 0 unspecified atom stereocenters. The van der Waals surface area contributed by atoms with Gasteiger partial charge in [0.05, 0.1) is 13.7 Å². The van der Waals surface area contributed by atoms with Crippen molar-refractivity contribution < 1.29 is 4.74 Å². The van der Waals surface area contributed by atoms with Gasteiger partial charge in [0.1, 0.15) is 5.75 Å². The van der Waals surface area contributed by atoms with Gasteiger partial charge < -0.3 is 15.4 Å². The molecule has 0 aliphatic carbocycles. The molecule has 0 bridgehead atoms. The summed E-state index contributed by atoms with van der Waals surface area (Å²) in [4.78, 5) is 4.75. The fourth-order valence-electron chi connectivity index (χ4n) is 2.07. The van der Waals surface area contributed by atoms with Gasteiger partial charge in [0.25, 0.3) is 0 Å². The lowest BCUT2D eigenvalue weighted by atomic mass is 9.85. The average molecular weight is 305 g/mol. The molecule has 124 valence electrons. The maximum atomic E-state index is 5.22. The molecular weight excluding hydrogens is 274 g/mol. The van der Waals surface area contributed by atoms with Crippen LogP contribution >= 0.6 is 0 Å². The van der Waals surface area contributed by atoms with Gasteiger partial charge in [0, 0.05) is 17.5 Å². The van der Waals surface area contributed by atoms with Crippen LogP contribution in [0.15, 0.2) is 29.3 Å². The Labute approximate surface area is 135 Å². The van der Waals surface area contributed by atoms with E-state index in [4.69, 9.17) is 9.73 Å². The molecule has 4 heteroatoms. The Morgan fingerprint density at radius 3 is 2.14 bits per heavy atom. The summed E-state index contributed by atoms with van der Waals surface area (Å²) in [6.45, 7) is 14.5. The Balaban J connectivity index is 2.85. The maximum absolute atomic E-state index is 5.22. The lowest BCUT2D eigenvalue weighted by molar-refractivity contribution is 0.414. The first-order valence-corrected chi connectivity index (χ1v) is 7.89. The molecule has 0 atom stereocenters. The minimum Gasteiger partial charge on any atom is -0.497 e. The highest BCUT2D eigenvalue weighted by atomic mass is 16.5. The van der Waals surface area contributed by atoms with Crippen molar-refractivity contribution in [3.05, 3.63) is 29.8 Å². The standard InChI is InChI=1S/C18H31N3O/c1-8-19-16(21-17(2,3)4)20-13-18(5,6)14-9-11-15(22-7)12-10-14/h9-12H,8,13H2,1-7H3,(H2,19,20,21). The van der Waals surface area contributed by atoms with Crippen LogP contribution in [0, 0.1) is 0 Å². The number of nitrogens with one attached hydrogen (secondary N) is 2. The third-order valence-electron chi connectivity index (χ3n) is 3.34. The van der Waals surface area contributed by atoms with Crippen molar-refractivity contribution in [1.29, 1.82) is 0 Å². The predicted octanol–water partition coefficient (Wildman–Crippen LogP) is 3.33. The van der Waals surface area contributed by atoms with Gasteiger partial charge in [-0.3, -0.25) is 4.99 Å². The number of nitrogens with zero attached hydrogens (tertiary/aromatic N) is 1. The second-order valence-electron chi connectivity index (χ2n) is 7.18. The average Bonchev–Trinajstić information content (AvgIpc) is 2.44. The van der Waals surface area contributed by atoms with Gasteiger partial charge in [-0.05, 0) is 45.4 Å². The quantitative estimate of drug-likeness (QED) is 0.648. The molecule has 0 saturated carbocycles. The molecule has 0 saturated heterocycles. The molecule has 0 aliphatic heterocycles. The largest absolute Gasteiger partial charge is 0.497 e.